The van der Waals surface area contributed by atoms with Gasteiger partial charge in [0, 0.05) is 51.7 Å². The second-order valence-electron chi connectivity index (χ2n) is 13.6. The van der Waals surface area contributed by atoms with Crippen LogP contribution < -0.4 is 4.90 Å². The Morgan fingerprint density at radius 3 is 1.73 bits per heavy atom. The number of thiophene rings is 2. The lowest BCUT2D eigenvalue weighted by Crippen LogP contribution is -2.28. The molecule has 52 heavy (non-hydrogen) atoms. The van der Waals surface area contributed by atoms with E-state index in [0.717, 1.165) is 11.4 Å². The van der Waals surface area contributed by atoms with E-state index in [-0.39, 0.29) is 0 Å². The zero-order valence-corrected chi connectivity index (χ0v) is 29.8. The fourth-order valence-electron chi connectivity index (χ4n) is 8.80. The summed E-state index contributed by atoms with van der Waals surface area (Å²) in [6.07, 6.45) is 0. The summed E-state index contributed by atoms with van der Waals surface area (Å²) < 4.78 is 5.21. The summed E-state index contributed by atoms with van der Waals surface area (Å²) in [5.74, 6) is 0. The summed E-state index contributed by atoms with van der Waals surface area (Å²) in [5.41, 5.74) is 11.0. The number of hydrogen-bond donors (Lipinski definition) is 0. The molecule has 0 bridgehead atoms. The Balaban J connectivity index is 1.12. The lowest BCUT2D eigenvalue weighted by atomic mass is 9.67. The molecule has 0 spiro atoms. The molecule has 2 heterocycles. The van der Waals surface area contributed by atoms with Crippen LogP contribution in [0.2, 0.25) is 0 Å². The van der Waals surface area contributed by atoms with Gasteiger partial charge in [0.15, 0.2) is 0 Å². The van der Waals surface area contributed by atoms with Crippen molar-refractivity contribution in [3.8, 4) is 11.1 Å². The Hall–Kier alpha value is -6.00. The van der Waals surface area contributed by atoms with Crippen molar-refractivity contribution >= 4 is 80.1 Å². The smallest absolute Gasteiger partial charge is 0.0714 e. The maximum atomic E-state index is 2.47. The van der Waals surface area contributed by atoms with Gasteiger partial charge in [-0.3, -0.25) is 0 Å². The van der Waals surface area contributed by atoms with E-state index in [2.05, 4.69) is 193 Å². The molecule has 11 rings (SSSR count). The maximum Gasteiger partial charge on any atom is 0.0714 e. The van der Waals surface area contributed by atoms with Gasteiger partial charge in [0.1, 0.15) is 0 Å². The number of nitrogens with zero attached hydrogens (tertiary/aromatic N) is 1. The highest BCUT2D eigenvalue weighted by molar-refractivity contribution is 7.26. The Morgan fingerprint density at radius 2 is 0.962 bits per heavy atom. The zero-order valence-electron chi connectivity index (χ0n) is 28.2. The first-order valence-corrected chi connectivity index (χ1v) is 19.4. The number of rotatable bonds is 5. The van der Waals surface area contributed by atoms with Crippen LogP contribution >= 0.6 is 22.7 Å². The van der Waals surface area contributed by atoms with E-state index in [0.29, 0.717) is 0 Å². The maximum absolute atomic E-state index is 2.47. The summed E-state index contributed by atoms with van der Waals surface area (Å²) in [5, 5.41) is 5.20. The van der Waals surface area contributed by atoms with E-state index in [9.17, 15) is 0 Å². The summed E-state index contributed by atoms with van der Waals surface area (Å²) >= 11 is 3.76. The predicted octanol–water partition coefficient (Wildman–Crippen LogP) is 14.3. The number of para-hydroxylation sites is 1. The Labute approximate surface area is 310 Å². The van der Waals surface area contributed by atoms with Gasteiger partial charge in [-0.1, -0.05) is 140 Å². The van der Waals surface area contributed by atoms with E-state index in [1.165, 1.54) is 79.4 Å². The van der Waals surface area contributed by atoms with E-state index < -0.39 is 5.41 Å². The van der Waals surface area contributed by atoms with Gasteiger partial charge in [-0.25, -0.2) is 0 Å². The second-order valence-corrected chi connectivity index (χ2v) is 15.8. The van der Waals surface area contributed by atoms with Gasteiger partial charge in [-0.15, -0.1) is 22.7 Å². The minimum absolute atomic E-state index is 0.407. The molecule has 1 aliphatic rings. The second kappa shape index (κ2) is 11.5. The molecule has 10 aromatic rings. The van der Waals surface area contributed by atoms with Gasteiger partial charge in [0.2, 0.25) is 0 Å². The quantitative estimate of drug-likeness (QED) is 0.173. The minimum Gasteiger partial charge on any atom is -0.310 e. The van der Waals surface area contributed by atoms with Gasteiger partial charge in [0.25, 0.3) is 0 Å². The first-order valence-electron chi connectivity index (χ1n) is 17.8. The number of fused-ring (bicyclic) bond motifs is 9. The Morgan fingerprint density at radius 1 is 0.365 bits per heavy atom. The fraction of sp³-hybridized carbons (Fsp3) is 0.0204. The summed E-state index contributed by atoms with van der Waals surface area (Å²) in [7, 11) is 0. The third-order valence-corrected chi connectivity index (χ3v) is 13.2. The van der Waals surface area contributed by atoms with Crippen LogP contribution in [0.1, 0.15) is 22.3 Å². The van der Waals surface area contributed by atoms with Crippen molar-refractivity contribution in [3.63, 3.8) is 0 Å². The Bertz CT molecular complexity index is 2930. The van der Waals surface area contributed by atoms with Gasteiger partial charge in [0.05, 0.1) is 11.1 Å². The molecule has 0 unspecified atom stereocenters. The third kappa shape index (κ3) is 4.21. The SMILES string of the molecule is c1ccc(N(c2ccc3c(c2)sc2cc(C4(c5ccccc5)c5ccccc5-c5ccccc54)ccc23)c2cccc3sc4ccccc4c23)cc1. The van der Waals surface area contributed by atoms with Crippen LogP contribution in [-0.4, -0.2) is 0 Å². The highest BCUT2D eigenvalue weighted by Gasteiger charge is 2.45. The molecule has 0 aliphatic heterocycles. The van der Waals surface area contributed by atoms with Crippen molar-refractivity contribution in [1.29, 1.82) is 0 Å². The van der Waals surface area contributed by atoms with Crippen molar-refractivity contribution in [2.45, 2.75) is 5.41 Å². The highest BCUT2D eigenvalue weighted by Crippen LogP contribution is 2.57. The molecule has 1 aliphatic carbocycles. The van der Waals surface area contributed by atoms with Crippen molar-refractivity contribution in [1.82, 2.24) is 0 Å². The van der Waals surface area contributed by atoms with E-state index in [1.54, 1.807) is 0 Å². The molecular formula is C49H31NS2. The van der Waals surface area contributed by atoms with E-state index >= 15 is 0 Å². The van der Waals surface area contributed by atoms with Crippen LogP contribution in [0.5, 0.6) is 0 Å². The number of anilines is 3. The average molecular weight is 698 g/mol. The van der Waals surface area contributed by atoms with Crippen LogP contribution in [0.3, 0.4) is 0 Å². The van der Waals surface area contributed by atoms with Crippen LogP contribution in [0, 0.1) is 0 Å². The molecule has 8 aromatic carbocycles. The van der Waals surface area contributed by atoms with Crippen molar-refractivity contribution < 1.29 is 0 Å². The van der Waals surface area contributed by atoms with E-state index in [4.69, 9.17) is 0 Å². The normalized spacial score (nSPS) is 13.2. The fourth-order valence-corrected chi connectivity index (χ4v) is 11.1. The van der Waals surface area contributed by atoms with Gasteiger partial charge in [-0.05, 0) is 81.9 Å². The molecule has 0 fully saturated rings. The standard InChI is InChI=1S/C49H31NS2/c1-3-14-32(15-4-1)49(41-21-10-7-18-36(41)37-19-8-11-22-42(37)49)33-26-28-38-39-29-27-35(31-47(39)52-46(38)30-33)50(34-16-5-2-6-17-34)43-23-13-25-45-48(43)40-20-9-12-24-44(40)51-45/h1-31H. The van der Waals surface area contributed by atoms with Gasteiger partial charge < -0.3 is 4.90 Å². The molecule has 244 valence electrons. The predicted molar refractivity (Wildman–Crippen MR) is 224 cm³/mol. The monoisotopic (exact) mass is 697 g/mol. The highest BCUT2D eigenvalue weighted by atomic mass is 32.1. The first-order chi connectivity index (χ1) is 25.8. The average Bonchev–Trinajstić information content (AvgIpc) is 3.87. The minimum atomic E-state index is -0.407. The third-order valence-electron chi connectivity index (χ3n) is 10.9. The van der Waals surface area contributed by atoms with Crippen molar-refractivity contribution in [2.24, 2.45) is 0 Å². The lowest BCUT2D eigenvalue weighted by molar-refractivity contribution is 0.770. The summed E-state index contributed by atoms with van der Waals surface area (Å²) in [6.45, 7) is 0. The largest absolute Gasteiger partial charge is 0.310 e. The van der Waals surface area contributed by atoms with Crippen molar-refractivity contribution in [2.75, 3.05) is 4.90 Å². The van der Waals surface area contributed by atoms with Crippen LogP contribution in [0.15, 0.2) is 188 Å². The molecule has 0 amide bonds. The molecule has 0 radical (unpaired) electrons. The molecule has 2 aromatic heterocycles. The summed E-state index contributed by atoms with van der Waals surface area (Å²) in [6, 6.07) is 69.6. The Kier molecular flexibility index (Phi) is 6.57. The zero-order chi connectivity index (χ0) is 34.2. The number of hydrogen-bond acceptors (Lipinski definition) is 3. The lowest BCUT2D eigenvalue weighted by Gasteiger charge is -2.33. The molecule has 0 saturated heterocycles. The van der Waals surface area contributed by atoms with Gasteiger partial charge >= 0.3 is 0 Å². The molecule has 3 heteroatoms. The molecular weight excluding hydrogens is 667 g/mol. The molecule has 1 nitrogen and oxygen atoms in total. The van der Waals surface area contributed by atoms with Crippen LogP contribution in [-0.2, 0) is 5.41 Å². The number of benzene rings is 8. The topological polar surface area (TPSA) is 3.24 Å². The first kappa shape index (κ1) is 29.7. The van der Waals surface area contributed by atoms with Crippen LogP contribution in [0.4, 0.5) is 17.1 Å². The molecule has 0 saturated carbocycles. The van der Waals surface area contributed by atoms with Gasteiger partial charge in [-0.2, -0.15) is 0 Å². The van der Waals surface area contributed by atoms with Crippen molar-refractivity contribution in [3.05, 3.63) is 210 Å². The molecule has 0 N–H and O–H groups in total. The summed E-state index contributed by atoms with van der Waals surface area (Å²) in [4.78, 5) is 2.44. The van der Waals surface area contributed by atoms with E-state index in [1.807, 2.05) is 22.7 Å². The van der Waals surface area contributed by atoms with Crippen LogP contribution in [0.25, 0.3) is 51.5 Å². The molecule has 0 atom stereocenters.